The molecule has 3 aromatic heterocycles. The van der Waals surface area contributed by atoms with Crippen LogP contribution in [0.5, 0.6) is 0 Å². The first-order valence-corrected chi connectivity index (χ1v) is 11.1. The third kappa shape index (κ3) is 4.86. The summed E-state index contributed by atoms with van der Waals surface area (Å²) in [5.74, 6) is -0.218. The van der Waals surface area contributed by atoms with Gasteiger partial charge in [0.2, 0.25) is 0 Å². The minimum Gasteiger partial charge on any atom is -0.367 e. The van der Waals surface area contributed by atoms with E-state index < -0.39 is 0 Å². The Morgan fingerprint density at radius 3 is 2.82 bits per heavy atom. The van der Waals surface area contributed by atoms with Crippen molar-refractivity contribution >= 4 is 22.6 Å². The van der Waals surface area contributed by atoms with Crippen molar-refractivity contribution in [1.29, 1.82) is 5.26 Å². The Morgan fingerprint density at radius 1 is 1.27 bits per heavy atom. The Hall–Kier alpha value is -3.77. The number of aromatic amines is 1. The molecule has 1 atom stereocenters. The van der Waals surface area contributed by atoms with E-state index in [2.05, 4.69) is 36.1 Å². The highest BCUT2D eigenvalue weighted by atomic mass is 16.1. The number of pyridine rings is 3. The molecule has 0 saturated carbocycles. The highest BCUT2D eigenvalue weighted by Gasteiger charge is 2.27. The first-order chi connectivity index (χ1) is 16.0. The van der Waals surface area contributed by atoms with Gasteiger partial charge in [-0.05, 0) is 36.2 Å². The highest BCUT2D eigenvalue weighted by Crippen LogP contribution is 2.22. The zero-order chi connectivity index (χ0) is 23.4. The van der Waals surface area contributed by atoms with Crippen molar-refractivity contribution < 1.29 is 4.79 Å². The summed E-state index contributed by atoms with van der Waals surface area (Å²) in [6.07, 6.45) is 4.62. The lowest BCUT2D eigenvalue weighted by molar-refractivity contribution is 0.0958. The molecule has 0 aliphatic carbocycles. The fourth-order valence-corrected chi connectivity index (χ4v) is 4.22. The number of carbonyl (C=O) groups excluding carboxylic acids is 1. The van der Waals surface area contributed by atoms with Crippen LogP contribution in [0.25, 0.3) is 11.0 Å². The average Bonchev–Trinajstić information content (AvgIpc) is 2.84. The molecule has 9 heteroatoms. The highest BCUT2D eigenvalue weighted by molar-refractivity contribution is 5.92. The van der Waals surface area contributed by atoms with Crippen molar-refractivity contribution in [3.05, 3.63) is 63.8 Å². The van der Waals surface area contributed by atoms with Crippen molar-refractivity contribution in [3.63, 3.8) is 0 Å². The van der Waals surface area contributed by atoms with Crippen LogP contribution < -0.4 is 15.8 Å². The van der Waals surface area contributed by atoms with E-state index in [4.69, 9.17) is 0 Å². The molecule has 2 N–H and O–H groups in total. The summed E-state index contributed by atoms with van der Waals surface area (Å²) in [6, 6.07) is 9.77. The van der Waals surface area contributed by atoms with Gasteiger partial charge in [-0.25, -0.2) is 4.98 Å². The normalized spacial score (nSPS) is 16.5. The summed E-state index contributed by atoms with van der Waals surface area (Å²) in [4.78, 5) is 40.1. The lowest BCUT2D eigenvalue weighted by Crippen LogP contribution is -2.52. The van der Waals surface area contributed by atoms with Crippen LogP contribution in [0.3, 0.4) is 0 Å². The maximum absolute atomic E-state index is 12.2. The number of nitrogens with zero attached hydrogens (tertiary/aromatic N) is 5. The quantitative estimate of drug-likeness (QED) is 0.594. The maximum Gasteiger partial charge on any atom is 0.269 e. The molecule has 1 amide bonds. The molecule has 4 heterocycles. The molecule has 0 radical (unpaired) electrons. The number of aryl methyl sites for hydroxylation is 1. The minimum absolute atomic E-state index is 0.0413. The molecule has 0 aromatic carbocycles. The maximum atomic E-state index is 12.2. The van der Waals surface area contributed by atoms with Gasteiger partial charge in [0, 0.05) is 51.0 Å². The number of carbonyl (C=O) groups is 1. The van der Waals surface area contributed by atoms with Crippen molar-refractivity contribution in [1.82, 2.24) is 25.2 Å². The summed E-state index contributed by atoms with van der Waals surface area (Å²) in [6.45, 7) is 4.83. The second-order valence-electron chi connectivity index (χ2n) is 8.17. The van der Waals surface area contributed by atoms with E-state index in [1.54, 1.807) is 19.3 Å². The fraction of sp³-hybridized carbons (Fsp3) is 0.375. The summed E-state index contributed by atoms with van der Waals surface area (Å²) < 4.78 is 0. The van der Waals surface area contributed by atoms with Gasteiger partial charge in [-0.1, -0.05) is 6.92 Å². The zero-order valence-corrected chi connectivity index (χ0v) is 18.8. The fourth-order valence-electron chi connectivity index (χ4n) is 4.22. The number of nitriles is 1. The van der Waals surface area contributed by atoms with Gasteiger partial charge in [-0.2, -0.15) is 5.26 Å². The van der Waals surface area contributed by atoms with E-state index in [1.807, 2.05) is 31.3 Å². The molecule has 1 saturated heterocycles. The number of amides is 1. The molecule has 170 valence electrons. The first-order valence-electron chi connectivity index (χ1n) is 11.1. The zero-order valence-electron chi connectivity index (χ0n) is 18.8. The van der Waals surface area contributed by atoms with Gasteiger partial charge >= 0.3 is 0 Å². The summed E-state index contributed by atoms with van der Waals surface area (Å²) >= 11 is 0. The Bertz CT molecular complexity index is 1250. The van der Waals surface area contributed by atoms with Gasteiger partial charge < -0.3 is 15.2 Å². The van der Waals surface area contributed by atoms with Crippen LogP contribution in [0.15, 0.2) is 41.5 Å². The number of hydrogen-bond donors (Lipinski definition) is 2. The van der Waals surface area contributed by atoms with E-state index in [1.165, 1.54) is 0 Å². The van der Waals surface area contributed by atoms with Gasteiger partial charge in [0.1, 0.15) is 5.69 Å². The predicted octanol–water partition coefficient (Wildman–Crippen LogP) is 1.84. The molecule has 33 heavy (non-hydrogen) atoms. The van der Waals surface area contributed by atoms with Crippen molar-refractivity contribution in [2.45, 2.75) is 32.4 Å². The van der Waals surface area contributed by atoms with Crippen LogP contribution in [0, 0.1) is 11.3 Å². The molecule has 0 unspecified atom stereocenters. The van der Waals surface area contributed by atoms with Gasteiger partial charge in [0.25, 0.3) is 11.5 Å². The Kier molecular flexibility index (Phi) is 6.66. The van der Waals surface area contributed by atoms with Gasteiger partial charge in [-0.3, -0.25) is 19.5 Å². The first kappa shape index (κ1) is 22.4. The molecule has 9 nitrogen and oxygen atoms in total. The number of hydrogen-bond acceptors (Lipinski definition) is 7. The summed E-state index contributed by atoms with van der Waals surface area (Å²) in [5, 5.41) is 12.0. The lowest BCUT2D eigenvalue weighted by Gasteiger charge is -2.41. The third-order valence-corrected chi connectivity index (χ3v) is 6.10. The monoisotopic (exact) mass is 445 g/mol. The van der Waals surface area contributed by atoms with Crippen molar-refractivity contribution in [2.75, 3.05) is 31.6 Å². The van der Waals surface area contributed by atoms with Crippen LogP contribution in [0.2, 0.25) is 0 Å². The van der Waals surface area contributed by atoms with Crippen LogP contribution in [0.1, 0.15) is 35.0 Å². The molecule has 1 fully saturated rings. The largest absolute Gasteiger partial charge is 0.367 e. The smallest absolute Gasteiger partial charge is 0.269 e. The number of rotatable bonds is 6. The van der Waals surface area contributed by atoms with Gasteiger partial charge in [-0.15, -0.1) is 0 Å². The minimum atomic E-state index is -0.218. The number of anilines is 1. The van der Waals surface area contributed by atoms with Crippen molar-refractivity contribution in [2.24, 2.45) is 0 Å². The lowest BCUT2D eigenvalue weighted by atomic mass is 10.1. The molecule has 4 rings (SSSR count). The molecular formula is C24H27N7O2. The van der Waals surface area contributed by atoms with Crippen LogP contribution in [0.4, 0.5) is 5.69 Å². The number of piperazine rings is 1. The molecule has 1 aliphatic heterocycles. The van der Waals surface area contributed by atoms with Gasteiger partial charge in [0.05, 0.1) is 35.4 Å². The SMILES string of the molecule is CCc1cc2ncc(CN3CCN(c4ccc(C(=O)NC)nc4)C[C@@H]3CC#N)cc2[nH]c1=O. The number of H-pyrrole nitrogens is 1. The van der Waals surface area contributed by atoms with Crippen LogP contribution in [-0.2, 0) is 13.0 Å². The Morgan fingerprint density at radius 2 is 2.12 bits per heavy atom. The third-order valence-electron chi connectivity index (χ3n) is 6.10. The number of aromatic nitrogens is 3. The predicted molar refractivity (Wildman–Crippen MR) is 126 cm³/mol. The molecule has 0 bridgehead atoms. The topological polar surface area (TPSA) is 118 Å². The van der Waals surface area contributed by atoms with Crippen LogP contribution in [-0.4, -0.2) is 58.5 Å². The summed E-state index contributed by atoms with van der Waals surface area (Å²) in [5.41, 5.74) is 4.47. The molecular weight excluding hydrogens is 418 g/mol. The van der Waals surface area contributed by atoms with Crippen molar-refractivity contribution in [3.8, 4) is 6.07 Å². The summed E-state index contributed by atoms with van der Waals surface area (Å²) in [7, 11) is 1.58. The van der Waals surface area contributed by atoms with E-state index in [0.717, 1.165) is 40.9 Å². The molecule has 3 aromatic rings. The van der Waals surface area contributed by atoms with E-state index in [9.17, 15) is 14.9 Å². The second-order valence-corrected chi connectivity index (χ2v) is 8.17. The Balaban J connectivity index is 1.49. The average molecular weight is 446 g/mol. The van der Waals surface area contributed by atoms with E-state index in [0.29, 0.717) is 31.6 Å². The van der Waals surface area contributed by atoms with E-state index in [-0.39, 0.29) is 17.5 Å². The molecule has 0 spiro atoms. The van der Waals surface area contributed by atoms with Gasteiger partial charge in [0.15, 0.2) is 0 Å². The second kappa shape index (κ2) is 9.79. The standard InChI is InChI=1S/C24H27N7O2/c1-3-17-11-21-22(29-23(17)32)10-16(12-27-21)14-30-8-9-31(15-19(30)6-7-25)18-4-5-20(28-13-18)24(33)26-2/h4-5,10-13,19H,3,6,8-9,14-15H2,1-2H3,(H,26,33)(H,29,32)/t19-/m0/s1. The molecule has 1 aliphatic rings. The van der Waals surface area contributed by atoms with Crippen LogP contribution >= 0.6 is 0 Å². The van der Waals surface area contributed by atoms with E-state index >= 15 is 0 Å². The number of nitrogens with one attached hydrogen (secondary N) is 2. The Labute approximate surface area is 192 Å². The number of fused-ring (bicyclic) bond motifs is 1.